The van der Waals surface area contributed by atoms with Crippen LogP contribution in [-0.4, -0.2) is 34.9 Å². The van der Waals surface area contributed by atoms with Crippen LogP contribution in [0.1, 0.15) is 20.8 Å². The lowest BCUT2D eigenvalue weighted by Gasteiger charge is -2.21. The number of hydrogen-bond acceptors (Lipinski definition) is 6. The zero-order valence-electron chi connectivity index (χ0n) is 15.1. The minimum atomic E-state index is -3.78. The normalized spacial score (nSPS) is 12.5. The maximum absolute atomic E-state index is 14.3. The summed E-state index contributed by atoms with van der Waals surface area (Å²) in [6.07, 6.45) is 2.66. The van der Waals surface area contributed by atoms with Gasteiger partial charge in [-0.15, -0.1) is 0 Å². The highest BCUT2D eigenvalue weighted by molar-refractivity contribution is 7.92. The van der Waals surface area contributed by atoms with E-state index in [-0.39, 0.29) is 27.3 Å². The molecule has 0 saturated carbocycles. The van der Waals surface area contributed by atoms with Crippen molar-refractivity contribution in [1.29, 1.82) is 0 Å². The number of fused-ring (bicyclic) bond motifs is 1. The average Bonchev–Trinajstić information content (AvgIpc) is 2.98. The van der Waals surface area contributed by atoms with Crippen LogP contribution < -0.4 is 10.5 Å². The molecule has 0 atom stereocenters. The van der Waals surface area contributed by atoms with Gasteiger partial charge in [0.1, 0.15) is 4.90 Å². The van der Waals surface area contributed by atoms with Crippen molar-refractivity contribution in [3.63, 3.8) is 0 Å². The first kappa shape index (κ1) is 19.0. The van der Waals surface area contributed by atoms with Crippen molar-refractivity contribution >= 4 is 21.2 Å². The number of rotatable bonds is 3. The molecule has 0 aliphatic carbocycles. The molecule has 7 nitrogen and oxygen atoms in total. The molecule has 0 radical (unpaired) electrons. The summed E-state index contributed by atoms with van der Waals surface area (Å²) in [6.45, 7) is 4.67. The maximum atomic E-state index is 14.3. The smallest absolute Gasteiger partial charge is 0.223 e. The number of sulfone groups is 1. The van der Waals surface area contributed by atoms with Crippen LogP contribution in [0.25, 0.3) is 16.6 Å². The third-order valence-electron chi connectivity index (χ3n) is 4.15. The highest BCUT2D eigenvalue weighted by Crippen LogP contribution is 2.36. The van der Waals surface area contributed by atoms with Crippen LogP contribution in [0.5, 0.6) is 5.75 Å². The van der Waals surface area contributed by atoms with E-state index in [9.17, 15) is 17.2 Å². The van der Waals surface area contributed by atoms with Gasteiger partial charge in [0.05, 0.1) is 29.8 Å². The Morgan fingerprint density at radius 3 is 2.44 bits per heavy atom. The topological polar surface area (TPSA) is 99.6 Å². The summed E-state index contributed by atoms with van der Waals surface area (Å²) < 4.78 is 59.4. The van der Waals surface area contributed by atoms with Gasteiger partial charge in [-0.3, -0.25) is 0 Å². The highest BCUT2D eigenvalue weighted by atomic mass is 32.2. The number of aromatic nitrogens is 3. The van der Waals surface area contributed by atoms with E-state index in [1.807, 2.05) is 0 Å². The first-order valence-corrected chi connectivity index (χ1v) is 9.37. The third kappa shape index (κ3) is 2.99. The number of ether oxygens (including phenoxy) is 1. The summed E-state index contributed by atoms with van der Waals surface area (Å²) in [7, 11) is -2.44. The van der Waals surface area contributed by atoms with Gasteiger partial charge < -0.3 is 10.5 Å². The number of nitrogens with two attached hydrogens (primary N) is 1. The summed E-state index contributed by atoms with van der Waals surface area (Å²) in [5, 5.41) is 4.08. The minimum Gasteiger partial charge on any atom is -0.494 e. The number of methoxy groups -OCH3 is 1. The van der Waals surface area contributed by atoms with Crippen LogP contribution in [0, 0.1) is 11.8 Å². The van der Waals surface area contributed by atoms with Gasteiger partial charge in [-0.25, -0.2) is 17.3 Å². The van der Waals surface area contributed by atoms with E-state index in [1.54, 1.807) is 20.8 Å². The molecule has 0 saturated heterocycles. The fraction of sp³-hybridized carbons (Fsp3) is 0.294. The Labute approximate surface area is 154 Å². The summed E-state index contributed by atoms with van der Waals surface area (Å²) in [5.41, 5.74) is 5.53. The number of nitrogens with zero attached hydrogens (tertiary/aromatic N) is 3. The lowest BCUT2D eigenvalue weighted by molar-refractivity contribution is 0.398. The van der Waals surface area contributed by atoms with Crippen LogP contribution in [0.4, 0.5) is 14.6 Å². The van der Waals surface area contributed by atoms with E-state index < -0.39 is 32.2 Å². The molecule has 3 heterocycles. The van der Waals surface area contributed by atoms with Crippen LogP contribution in [0.3, 0.4) is 0 Å². The molecule has 0 aliphatic heterocycles. The van der Waals surface area contributed by atoms with Gasteiger partial charge in [0.25, 0.3) is 0 Å². The van der Waals surface area contributed by atoms with Gasteiger partial charge in [-0.2, -0.15) is 14.5 Å². The molecule has 0 aromatic carbocycles. The van der Waals surface area contributed by atoms with E-state index in [0.717, 1.165) is 6.07 Å². The zero-order chi connectivity index (χ0) is 20.1. The first-order valence-electron chi connectivity index (χ1n) is 7.89. The lowest BCUT2D eigenvalue weighted by Crippen LogP contribution is -2.28. The molecule has 3 aromatic rings. The fourth-order valence-corrected chi connectivity index (χ4v) is 3.89. The highest BCUT2D eigenvalue weighted by Gasteiger charge is 2.34. The van der Waals surface area contributed by atoms with Crippen LogP contribution in [0.15, 0.2) is 29.4 Å². The monoisotopic (exact) mass is 396 g/mol. The Bertz CT molecular complexity index is 1150. The largest absolute Gasteiger partial charge is 0.494 e. The molecule has 0 fully saturated rings. The maximum Gasteiger partial charge on any atom is 0.223 e. The average molecular weight is 396 g/mol. The predicted molar refractivity (Wildman–Crippen MR) is 96.2 cm³/mol. The Kier molecular flexibility index (Phi) is 4.34. The molecule has 0 amide bonds. The van der Waals surface area contributed by atoms with Gasteiger partial charge >= 0.3 is 0 Å². The molecule has 3 aromatic heterocycles. The molecular formula is C17H18F2N4O3S. The molecular weight excluding hydrogens is 378 g/mol. The van der Waals surface area contributed by atoms with Crippen molar-refractivity contribution in [2.45, 2.75) is 30.4 Å². The number of anilines is 1. The number of pyridine rings is 2. The van der Waals surface area contributed by atoms with E-state index in [2.05, 4.69) is 10.1 Å². The summed E-state index contributed by atoms with van der Waals surface area (Å²) in [4.78, 5) is 3.26. The van der Waals surface area contributed by atoms with Gasteiger partial charge in [-0.05, 0) is 32.9 Å². The van der Waals surface area contributed by atoms with E-state index in [4.69, 9.17) is 10.5 Å². The van der Waals surface area contributed by atoms with E-state index >= 15 is 0 Å². The Hall–Kier alpha value is -2.75. The van der Waals surface area contributed by atoms with Crippen molar-refractivity contribution in [3.8, 4) is 16.9 Å². The molecule has 3 rings (SSSR count). The van der Waals surface area contributed by atoms with Crippen molar-refractivity contribution in [1.82, 2.24) is 14.6 Å². The number of halogens is 2. The van der Waals surface area contributed by atoms with Crippen molar-refractivity contribution in [2.24, 2.45) is 0 Å². The predicted octanol–water partition coefficient (Wildman–Crippen LogP) is 2.84. The SMILES string of the molecule is COc1cn2ncc(-c3cc(F)c(N)nc3F)c2cc1S(=O)(=O)C(C)(C)C. The number of hydrogen-bond donors (Lipinski definition) is 1. The second-order valence-corrected chi connectivity index (χ2v) is 9.58. The van der Waals surface area contributed by atoms with Crippen LogP contribution >= 0.6 is 0 Å². The molecule has 0 unspecified atom stereocenters. The Morgan fingerprint density at radius 2 is 1.85 bits per heavy atom. The van der Waals surface area contributed by atoms with Crippen LogP contribution in [0.2, 0.25) is 0 Å². The van der Waals surface area contributed by atoms with Crippen LogP contribution in [-0.2, 0) is 9.84 Å². The third-order valence-corrected chi connectivity index (χ3v) is 6.66. The van der Waals surface area contributed by atoms with Gasteiger partial charge in [0.15, 0.2) is 27.2 Å². The van der Waals surface area contributed by atoms with Gasteiger partial charge in [0, 0.05) is 11.1 Å². The molecule has 10 heteroatoms. The molecule has 0 bridgehead atoms. The summed E-state index contributed by atoms with van der Waals surface area (Å²) in [6, 6.07) is 2.23. The second-order valence-electron chi connectivity index (χ2n) is 6.90. The summed E-state index contributed by atoms with van der Waals surface area (Å²) in [5.74, 6) is -2.35. The van der Waals surface area contributed by atoms with Crippen molar-refractivity contribution in [2.75, 3.05) is 12.8 Å². The second kappa shape index (κ2) is 6.15. The Balaban J connectivity index is 2.34. The van der Waals surface area contributed by atoms with Crippen molar-refractivity contribution in [3.05, 3.63) is 36.3 Å². The lowest BCUT2D eigenvalue weighted by atomic mass is 10.1. The van der Waals surface area contributed by atoms with Crippen molar-refractivity contribution < 1.29 is 21.9 Å². The first-order chi connectivity index (χ1) is 12.5. The van der Waals surface area contributed by atoms with Gasteiger partial charge in [-0.1, -0.05) is 0 Å². The molecule has 27 heavy (non-hydrogen) atoms. The zero-order valence-corrected chi connectivity index (χ0v) is 15.9. The quantitative estimate of drug-likeness (QED) is 0.684. The molecule has 2 N–H and O–H groups in total. The summed E-state index contributed by atoms with van der Waals surface area (Å²) >= 11 is 0. The van der Waals surface area contributed by atoms with E-state index in [1.165, 1.54) is 30.1 Å². The van der Waals surface area contributed by atoms with Gasteiger partial charge in [0.2, 0.25) is 5.95 Å². The fourth-order valence-electron chi connectivity index (χ4n) is 2.56. The Morgan fingerprint density at radius 1 is 1.19 bits per heavy atom. The van der Waals surface area contributed by atoms with E-state index in [0.29, 0.717) is 0 Å². The molecule has 0 aliphatic rings. The standard InChI is InChI=1S/C17H18F2N4O3S/c1-17(2,3)27(24,25)14-6-12-10(7-21-23(12)8-13(14)26-4)9-5-11(18)16(20)22-15(9)19/h5-8H,1-4H3,(H2,20,22). The minimum absolute atomic E-state index is 0.0731. The molecule has 0 spiro atoms. The number of nitrogen functional groups attached to an aromatic ring is 1. The molecule has 144 valence electrons.